The van der Waals surface area contributed by atoms with E-state index in [-0.39, 0.29) is 5.56 Å². The minimum absolute atomic E-state index is 0.227. The van der Waals surface area contributed by atoms with Crippen LogP contribution in [0.5, 0.6) is 0 Å². The summed E-state index contributed by atoms with van der Waals surface area (Å²) < 4.78 is 25.8. The summed E-state index contributed by atoms with van der Waals surface area (Å²) >= 11 is 0. The van der Waals surface area contributed by atoms with Crippen molar-refractivity contribution in [3.05, 3.63) is 70.8 Å². The molecule has 0 saturated heterocycles. The van der Waals surface area contributed by atoms with E-state index in [9.17, 15) is 13.6 Å². The van der Waals surface area contributed by atoms with Crippen LogP contribution in [-0.4, -0.2) is 11.1 Å². The first-order valence-electron chi connectivity index (χ1n) is 6.04. The van der Waals surface area contributed by atoms with E-state index in [0.29, 0.717) is 24.2 Å². The van der Waals surface area contributed by atoms with Gasteiger partial charge in [-0.2, -0.15) is 0 Å². The Kier molecular flexibility index (Phi) is 4.42. The molecule has 3 nitrogen and oxygen atoms in total. The number of carboxylic acid groups (broad SMARTS) is 1. The van der Waals surface area contributed by atoms with Gasteiger partial charge in [0.2, 0.25) is 0 Å². The van der Waals surface area contributed by atoms with Crippen molar-refractivity contribution in [3.63, 3.8) is 0 Å². The Balaban J connectivity index is 1.99. The molecule has 0 saturated carbocycles. The van der Waals surface area contributed by atoms with Gasteiger partial charge in [0.05, 0.1) is 5.56 Å². The van der Waals surface area contributed by atoms with Crippen molar-refractivity contribution in [1.29, 1.82) is 0 Å². The minimum atomic E-state index is -0.991. The van der Waals surface area contributed by atoms with Gasteiger partial charge < -0.3 is 10.4 Å². The van der Waals surface area contributed by atoms with Crippen molar-refractivity contribution < 1.29 is 18.7 Å². The van der Waals surface area contributed by atoms with Crippen LogP contribution in [0.4, 0.5) is 8.78 Å². The second-order valence-corrected chi connectivity index (χ2v) is 4.31. The van der Waals surface area contributed by atoms with Crippen LogP contribution >= 0.6 is 0 Å². The zero-order chi connectivity index (χ0) is 14.5. The quantitative estimate of drug-likeness (QED) is 0.883. The first-order valence-corrected chi connectivity index (χ1v) is 6.04. The molecule has 2 N–H and O–H groups in total. The van der Waals surface area contributed by atoms with Crippen LogP contribution in [0, 0.1) is 11.6 Å². The molecule has 104 valence electrons. The van der Waals surface area contributed by atoms with Crippen molar-refractivity contribution in [2.45, 2.75) is 13.1 Å². The number of aromatic carboxylic acids is 1. The van der Waals surface area contributed by atoms with E-state index in [4.69, 9.17) is 5.11 Å². The van der Waals surface area contributed by atoms with Crippen LogP contribution in [0.2, 0.25) is 0 Å². The zero-order valence-corrected chi connectivity index (χ0v) is 10.6. The number of benzene rings is 2. The second kappa shape index (κ2) is 6.25. The van der Waals surface area contributed by atoms with Crippen LogP contribution in [0.3, 0.4) is 0 Å². The smallest absolute Gasteiger partial charge is 0.336 e. The molecule has 0 heterocycles. The molecule has 0 radical (unpaired) electrons. The van der Waals surface area contributed by atoms with E-state index in [1.807, 2.05) is 0 Å². The highest BCUT2D eigenvalue weighted by atomic mass is 19.2. The van der Waals surface area contributed by atoms with E-state index < -0.39 is 17.6 Å². The monoisotopic (exact) mass is 277 g/mol. The molecule has 20 heavy (non-hydrogen) atoms. The number of carbonyl (C=O) groups is 1. The fourth-order valence-electron chi connectivity index (χ4n) is 1.87. The van der Waals surface area contributed by atoms with Crippen LogP contribution in [0.25, 0.3) is 0 Å². The van der Waals surface area contributed by atoms with Gasteiger partial charge in [-0.1, -0.05) is 24.3 Å². The third-order valence-corrected chi connectivity index (χ3v) is 2.88. The van der Waals surface area contributed by atoms with E-state index in [1.54, 1.807) is 18.2 Å². The van der Waals surface area contributed by atoms with Gasteiger partial charge in [-0.05, 0) is 29.3 Å². The summed E-state index contributed by atoms with van der Waals surface area (Å²) in [6.07, 6.45) is 0. The molecule has 0 aromatic heterocycles. The van der Waals surface area contributed by atoms with E-state index in [1.165, 1.54) is 12.1 Å². The third-order valence-electron chi connectivity index (χ3n) is 2.88. The van der Waals surface area contributed by atoms with Crippen LogP contribution in [-0.2, 0) is 13.1 Å². The fourth-order valence-corrected chi connectivity index (χ4v) is 1.87. The lowest BCUT2D eigenvalue weighted by Crippen LogP contribution is -2.15. The van der Waals surface area contributed by atoms with Crippen molar-refractivity contribution in [1.82, 2.24) is 5.32 Å². The summed E-state index contributed by atoms with van der Waals surface area (Å²) in [5.41, 5.74) is 1.46. The molecule has 0 bridgehead atoms. The molecule has 0 aliphatic rings. The van der Waals surface area contributed by atoms with Gasteiger partial charge in [0.25, 0.3) is 0 Å². The van der Waals surface area contributed by atoms with Gasteiger partial charge in [-0.3, -0.25) is 0 Å². The molecule has 2 aromatic rings. The molecule has 5 heteroatoms. The lowest BCUT2D eigenvalue weighted by molar-refractivity contribution is 0.0695. The Morgan fingerprint density at radius 3 is 2.50 bits per heavy atom. The first kappa shape index (κ1) is 14.1. The molecular formula is C15H13F2NO2. The molecule has 0 aliphatic carbocycles. The molecule has 0 fully saturated rings. The largest absolute Gasteiger partial charge is 0.478 e. The number of hydrogen-bond donors (Lipinski definition) is 2. The summed E-state index contributed by atoms with van der Waals surface area (Å²) in [5.74, 6) is -2.77. The van der Waals surface area contributed by atoms with Crippen molar-refractivity contribution >= 4 is 5.97 Å². The highest BCUT2D eigenvalue weighted by Crippen LogP contribution is 2.10. The number of nitrogens with one attached hydrogen (secondary N) is 1. The molecule has 0 aliphatic heterocycles. The first-order chi connectivity index (χ1) is 9.58. The number of halogens is 2. The highest BCUT2D eigenvalue weighted by molar-refractivity contribution is 5.89. The topological polar surface area (TPSA) is 49.3 Å². The van der Waals surface area contributed by atoms with Crippen LogP contribution < -0.4 is 5.32 Å². The Hall–Kier alpha value is -2.27. The average Bonchev–Trinajstić information content (AvgIpc) is 2.43. The molecular weight excluding hydrogens is 264 g/mol. The fraction of sp³-hybridized carbons (Fsp3) is 0.133. The lowest BCUT2D eigenvalue weighted by atomic mass is 10.1. The van der Waals surface area contributed by atoms with Gasteiger partial charge in [-0.25, -0.2) is 13.6 Å². The summed E-state index contributed by atoms with van der Waals surface area (Å²) in [6.45, 7) is 0.659. The van der Waals surface area contributed by atoms with Gasteiger partial charge in [0, 0.05) is 13.1 Å². The standard InChI is InChI=1S/C15H13F2NO2/c16-13-6-5-10(7-14(13)17)8-18-9-11-3-1-2-4-12(11)15(19)20/h1-7,18H,8-9H2,(H,19,20). The Morgan fingerprint density at radius 1 is 1.05 bits per heavy atom. The number of rotatable bonds is 5. The predicted octanol–water partition coefficient (Wildman–Crippen LogP) is 2.95. The van der Waals surface area contributed by atoms with Gasteiger partial charge in [0.15, 0.2) is 11.6 Å². The molecule has 2 rings (SSSR count). The molecule has 0 unspecified atom stereocenters. The number of hydrogen-bond acceptors (Lipinski definition) is 2. The van der Waals surface area contributed by atoms with Crippen LogP contribution in [0.1, 0.15) is 21.5 Å². The summed E-state index contributed by atoms with van der Waals surface area (Å²) in [6, 6.07) is 10.3. The molecule has 0 spiro atoms. The van der Waals surface area contributed by atoms with Crippen LogP contribution in [0.15, 0.2) is 42.5 Å². The van der Waals surface area contributed by atoms with Gasteiger partial charge in [-0.15, -0.1) is 0 Å². The maximum absolute atomic E-state index is 13.0. The Labute approximate surface area is 114 Å². The minimum Gasteiger partial charge on any atom is -0.478 e. The number of carboxylic acids is 1. The van der Waals surface area contributed by atoms with Crippen molar-refractivity contribution in [2.24, 2.45) is 0 Å². The average molecular weight is 277 g/mol. The van der Waals surface area contributed by atoms with Gasteiger partial charge >= 0.3 is 5.97 Å². The lowest BCUT2D eigenvalue weighted by Gasteiger charge is -2.08. The second-order valence-electron chi connectivity index (χ2n) is 4.31. The van der Waals surface area contributed by atoms with E-state index in [2.05, 4.69) is 5.32 Å². The predicted molar refractivity (Wildman–Crippen MR) is 70.3 cm³/mol. The highest BCUT2D eigenvalue weighted by Gasteiger charge is 2.08. The maximum atomic E-state index is 13.0. The van der Waals surface area contributed by atoms with Crippen molar-refractivity contribution in [2.75, 3.05) is 0 Å². The summed E-state index contributed by atoms with van der Waals surface area (Å²) in [7, 11) is 0. The Morgan fingerprint density at radius 2 is 1.80 bits per heavy atom. The SMILES string of the molecule is O=C(O)c1ccccc1CNCc1ccc(F)c(F)c1. The summed E-state index contributed by atoms with van der Waals surface area (Å²) in [5, 5.41) is 12.0. The third kappa shape index (κ3) is 3.39. The van der Waals surface area contributed by atoms with Crippen molar-refractivity contribution in [3.8, 4) is 0 Å². The molecule has 0 atom stereocenters. The zero-order valence-electron chi connectivity index (χ0n) is 10.6. The van der Waals surface area contributed by atoms with E-state index >= 15 is 0 Å². The Bertz CT molecular complexity index is 629. The molecule has 2 aromatic carbocycles. The normalized spacial score (nSPS) is 10.5. The maximum Gasteiger partial charge on any atom is 0.336 e. The summed E-state index contributed by atoms with van der Waals surface area (Å²) in [4.78, 5) is 11.0. The van der Waals surface area contributed by atoms with E-state index in [0.717, 1.165) is 12.1 Å². The van der Waals surface area contributed by atoms with Gasteiger partial charge in [0.1, 0.15) is 0 Å². The molecule has 0 amide bonds.